The van der Waals surface area contributed by atoms with Crippen molar-refractivity contribution in [1.29, 1.82) is 0 Å². The molecule has 0 saturated carbocycles. The van der Waals surface area contributed by atoms with Crippen LogP contribution in [0.4, 0.5) is 19.0 Å². The molecule has 1 atom stereocenters. The zero-order chi connectivity index (χ0) is 23.2. The summed E-state index contributed by atoms with van der Waals surface area (Å²) in [5, 5.41) is 14.7. The van der Waals surface area contributed by atoms with Crippen LogP contribution in [0, 0.1) is 0 Å². The Labute approximate surface area is 181 Å². The molecule has 10 nitrogen and oxygen atoms in total. The third kappa shape index (κ3) is 5.87. The molecule has 32 heavy (non-hydrogen) atoms. The first-order valence-electron chi connectivity index (χ1n) is 9.71. The number of hydrogen-bond donors (Lipinski definition) is 1. The smallest absolute Gasteiger partial charge is 0.475 e. The summed E-state index contributed by atoms with van der Waals surface area (Å²) in [6, 6.07) is 1.70. The molecule has 0 aliphatic carbocycles. The van der Waals surface area contributed by atoms with Crippen molar-refractivity contribution in [2.45, 2.75) is 24.6 Å². The number of anilines is 1. The van der Waals surface area contributed by atoms with Gasteiger partial charge in [-0.3, -0.25) is 9.78 Å². The van der Waals surface area contributed by atoms with E-state index in [1.54, 1.807) is 30.9 Å². The number of piperidine rings is 1. The van der Waals surface area contributed by atoms with Gasteiger partial charge in [0, 0.05) is 25.5 Å². The summed E-state index contributed by atoms with van der Waals surface area (Å²) in [7, 11) is 0. The number of aromatic nitrogens is 4. The number of rotatable bonds is 2. The number of carbonyl (C=O) groups excluding carboxylic acids is 1. The van der Waals surface area contributed by atoms with Gasteiger partial charge in [0.05, 0.1) is 43.9 Å². The fourth-order valence-corrected chi connectivity index (χ4v) is 3.61. The van der Waals surface area contributed by atoms with Crippen molar-refractivity contribution < 1.29 is 32.6 Å². The third-order valence-corrected chi connectivity index (χ3v) is 5.02. The molecule has 0 radical (unpaired) electrons. The van der Waals surface area contributed by atoms with Gasteiger partial charge in [0.25, 0.3) is 5.91 Å². The molecule has 13 heteroatoms. The van der Waals surface area contributed by atoms with Crippen LogP contribution >= 0.6 is 0 Å². The Morgan fingerprint density at radius 2 is 1.88 bits per heavy atom. The Bertz CT molecular complexity index is 914. The van der Waals surface area contributed by atoms with Crippen LogP contribution in [-0.4, -0.2) is 86.6 Å². The van der Waals surface area contributed by atoms with Crippen molar-refractivity contribution in [2.24, 2.45) is 0 Å². The van der Waals surface area contributed by atoms with Gasteiger partial charge in [-0.05, 0) is 18.9 Å². The number of amides is 1. The summed E-state index contributed by atoms with van der Waals surface area (Å²) in [5.74, 6) is -1.92. The lowest BCUT2D eigenvalue weighted by molar-refractivity contribution is -0.192. The minimum Gasteiger partial charge on any atom is -0.475 e. The highest BCUT2D eigenvalue weighted by Gasteiger charge is 2.42. The molecule has 1 spiro atoms. The molecule has 2 fully saturated rings. The van der Waals surface area contributed by atoms with E-state index in [0.717, 1.165) is 25.2 Å². The highest BCUT2D eigenvalue weighted by Crippen LogP contribution is 2.31. The number of ether oxygens (including phenoxy) is 1. The Kier molecular flexibility index (Phi) is 7.18. The maximum absolute atomic E-state index is 12.7. The first kappa shape index (κ1) is 23.3. The highest BCUT2D eigenvalue weighted by molar-refractivity contribution is 5.93. The molecule has 1 amide bonds. The minimum atomic E-state index is -5.08. The number of halogens is 3. The van der Waals surface area contributed by atoms with Gasteiger partial charge in [-0.2, -0.15) is 23.4 Å². The van der Waals surface area contributed by atoms with E-state index >= 15 is 0 Å². The van der Waals surface area contributed by atoms with Gasteiger partial charge in [-0.25, -0.2) is 9.78 Å². The van der Waals surface area contributed by atoms with Gasteiger partial charge in [-0.15, -0.1) is 0 Å². The summed E-state index contributed by atoms with van der Waals surface area (Å²) >= 11 is 0. The second-order valence-corrected chi connectivity index (χ2v) is 7.28. The minimum absolute atomic E-state index is 0.0193. The number of aliphatic carboxylic acids is 1. The van der Waals surface area contributed by atoms with Crippen LogP contribution in [0.5, 0.6) is 0 Å². The highest BCUT2D eigenvalue weighted by atomic mass is 19.4. The van der Waals surface area contributed by atoms with Crippen LogP contribution in [0.25, 0.3) is 0 Å². The fraction of sp³-hybridized carbons (Fsp3) is 0.474. The first-order valence-corrected chi connectivity index (χ1v) is 9.71. The Morgan fingerprint density at radius 1 is 1.09 bits per heavy atom. The van der Waals surface area contributed by atoms with Gasteiger partial charge in [-0.1, -0.05) is 0 Å². The molecule has 0 aromatic carbocycles. The standard InChI is InChI=1S/C17H20N6O2.C2HF3O2/c24-16(14-2-4-20-21-10-14)23-8-9-25-17(13-23)3-1-7-22(12-17)15-11-18-5-6-19-15;3-2(4,5)1(6)7/h2,4-6,10-11H,1,3,7-9,12-13H2;(H,6,7). The lowest BCUT2D eigenvalue weighted by atomic mass is 9.90. The van der Waals surface area contributed by atoms with E-state index in [1.807, 2.05) is 4.90 Å². The van der Waals surface area contributed by atoms with Crippen LogP contribution in [0.2, 0.25) is 0 Å². The summed E-state index contributed by atoms with van der Waals surface area (Å²) in [4.78, 5) is 34.2. The molecular weight excluding hydrogens is 433 g/mol. The second kappa shape index (κ2) is 9.85. The van der Waals surface area contributed by atoms with E-state index in [0.29, 0.717) is 31.8 Å². The van der Waals surface area contributed by atoms with Crippen LogP contribution in [0.3, 0.4) is 0 Å². The SMILES string of the molecule is O=C(O)C(F)(F)F.O=C(c1ccnnc1)N1CCOC2(CCCN(c3cnccn3)C2)C1. The number of carboxylic acids is 1. The van der Waals surface area contributed by atoms with Crippen LogP contribution in [0.1, 0.15) is 23.2 Å². The van der Waals surface area contributed by atoms with Gasteiger partial charge in [0.2, 0.25) is 0 Å². The van der Waals surface area contributed by atoms with Crippen molar-refractivity contribution in [3.63, 3.8) is 0 Å². The largest absolute Gasteiger partial charge is 0.490 e. The number of carbonyl (C=O) groups is 2. The van der Waals surface area contributed by atoms with Crippen molar-refractivity contribution in [3.05, 3.63) is 42.6 Å². The molecule has 2 aliphatic heterocycles. The van der Waals surface area contributed by atoms with E-state index in [2.05, 4.69) is 25.1 Å². The topological polar surface area (TPSA) is 122 Å². The molecule has 2 aliphatic rings. The molecule has 2 aromatic rings. The first-order chi connectivity index (χ1) is 15.2. The Balaban J connectivity index is 0.000000360. The van der Waals surface area contributed by atoms with Gasteiger partial charge in [0.1, 0.15) is 11.4 Å². The van der Waals surface area contributed by atoms with Gasteiger partial charge < -0.3 is 19.6 Å². The zero-order valence-electron chi connectivity index (χ0n) is 16.9. The average Bonchev–Trinajstić information content (AvgIpc) is 2.79. The second-order valence-electron chi connectivity index (χ2n) is 7.28. The van der Waals surface area contributed by atoms with Gasteiger partial charge >= 0.3 is 12.1 Å². The molecule has 4 rings (SSSR count). The average molecular weight is 454 g/mol. The van der Waals surface area contributed by atoms with E-state index in [4.69, 9.17) is 14.6 Å². The summed E-state index contributed by atoms with van der Waals surface area (Å²) in [6.45, 7) is 3.34. The third-order valence-electron chi connectivity index (χ3n) is 5.02. The number of carboxylic acid groups (broad SMARTS) is 1. The van der Waals surface area contributed by atoms with Crippen LogP contribution in [-0.2, 0) is 9.53 Å². The predicted octanol–water partition coefficient (Wildman–Crippen LogP) is 1.41. The lowest BCUT2D eigenvalue weighted by Gasteiger charge is -2.48. The molecular formula is C19H21F3N6O4. The molecule has 2 saturated heterocycles. The maximum Gasteiger partial charge on any atom is 0.490 e. The van der Waals surface area contributed by atoms with E-state index in [9.17, 15) is 18.0 Å². The quantitative estimate of drug-likeness (QED) is 0.718. The molecule has 1 unspecified atom stereocenters. The Morgan fingerprint density at radius 3 is 2.50 bits per heavy atom. The van der Waals surface area contributed by atoms with Crippen molar-refractivity contribution in [3.8, 4) is 0 Å². The maximum atomic E-state index is 12.7. The number of morpholine rings is 1. The number of hydrogen-bond acceptors (Lipinski definition) is 8. The summed E-state index contributed by atoms with van der Waals surface area (Å²) in [5.41, 5.74) is 0.207. The van der Waals surface area contributed by atoms with E-state index in [1.165, 1.54) is 6.20 Å². The predicted molar refractivity (Wildman–Crippen MR) is 104 cm³/mol. The van der Waals surface area contributed by atoms with Crippen molar-refractivity contribution in [1.82, 2.24) is 25.1 Å². The van der Waals surface area contributed by atoms with Gasteiger partial charge in [0.15, 0.2) is 0 Å². The molecule has 4 heterocycles. The number of nitrogens with zero attached hydrogens (tertiary/aromatic N) is 6. The van der Waals surface area contributed by atoms with Crippen LogP contribution < -0.4 is 4.90 Å². The molecule has 172 valence electrons. The molecule has 0 bridgehead atoms. The summed E-state index contributed by atoms with van der Waals surface area (Å²) in [6.07, 6.45) is 5.04. The van der Waals surface area contributed by atoms with Crippen molar-refractivity contribution >= 4 is 17.7 Å². The number of alkyl halides is 3. The summed E-state index contributed by atoms with van der Waals surface area (Å²) < 4.78 is 37.9. The monoisotopic (exact) mass is 454 g/mol. The van der Waals surface area contributed by atoms with E-state index in [-0.39, 0.29) is 11.5 Å². The Hall–Kier alpha value is -3.35. The van der Waals surface area contributed by atoms with Crippen LogP contribution in [0.15, 0.2) is 37.1 Å². The fourth-order valence-electron chi connectivity index (χ4n) is 3.61. The lowest BCUT2D eigenvalue weighted by Crippen LogP contribution is -2.61. The molecule has 1 N–H and O–H groups in total. The zero-order valence-corrected chi connectivity index (χ0v) is 16.9. The van der Waals surface area contributed by atoms with E-state index < -0.39 is 12.1 Å². The van der Waals surface area contributed by atoms with Crippen molar-refractivity contribution in [2.75, 3.05) is 37.7 Å². The normalized spacial score (nSPS) is 21.0. The molecule has 2 aromatic heterocycles.